The molecule has 1 atom stereocenters. The Bertz CT molecular complexity index is 1190. The first kappa shape index (κ1) is 23.2. The van der Waals surface area contributed by atoms with E-state index in [1.807, 2.05) is 12.1 Å². The molecule has 3 aromatic rings. The number of carbonyl (C=O) groups excluding carboxylic acids is 1. The Morgan fingerprint density at radius 1 is 1.29 bits per heavy atom. The number of pyridine rings is 1. The molecule has 4 N–H and O–H groups in total. The van der Waals surface area contributed by atoms with Crippen LogP contribution in [0.5, 0.6) is 0 Å². The number of carbonyl (C=O) groups is 1. The molecule has 5 rings (SSSR count). The number of H-pyrrole nitrogens is 1. The normalized spacial score (nSPS) is 17.1. The fourth-order valence-electron chi connectivity index (χ4n) is 4.65. The van der Waals surface area contributed by atoms with Crippen molar-refractivity contribution in [3.8, 4) is 11.4 Å². The van der Waals surface area contributed by atoms with Crippen molar-refractivity contribution < 1.29 is 19.0 Å². The van der Waals surface area contributed by atoms with E-state index in [4.69, 9.17) is 4.74 Å². The van der Waals surface area contributed by atoms with E-state index in [-0.39, 0.29) is 23.5 Å². The molecule has 1 fully saturated rings. The minimum Gasteiger partial charge on any atom is -0.390 e. The number of nitrogens with one attached hydrogen (secondary N) is 3. The largest absolute Gasteiger partial charge is 0.390 e. The van der Waals surface area contributed by atoms with Crippen LogP contribution in [-0.4, -0.2) is 70.4 Å². The minimum absolute atomic E-state index is 0.0832. The Kier molecular flexibility index (Phi) is 6.60. The number of amides is 1. The highest BCUT2D eigenvalue weighted by molar-refractivity contribution is 5.97. The van der Waals surface area contributed by atoms with Crippen molar-refractivity contribution in [1.82, 2.24) is 25.3 Å². The average molecular weight is 482 g/mol. The molecular formula is C24H28FN7O3. The number of rotatable bonds is 7. The number of aromatic amines is 1. The Morgan fingerprint density at radius 3 is 2.83 bits per heavy atom. The highest BCUT2D eigenvalue weighted by Crippen LogP contribution is 2.28. The van der Waals surface area contributed by atoms with E-state index in [1.165, 1.54) is 0 Å². The molecule has 0 bridgehead atoms. The third-order valence-corrected chi connectivity index (χ3v) is 6.58. The maximum absolute atomic E-state index is 14.5. The second kappa shape index (κ2) is 9.96. The summed E-state index contributed by atoms with van der Waals surface area (Å²) in [5.41, 5.74) is 2.78. The van der Waals surface area contributed by atoms with Crippen LogP contribution < -0.4 is 15.5 Å². The monoisotopic (exact) mass is 481 g/mol. The molecule has 184 valence electrons. The molecule has 3 aromatic heterocycles. The van der Waals surface area contributed by atoms with Gasteiger partial charge in [0.1, 0.15) is 11.5 Å². The number of aliphatic hydroxyl groups is 1. The zero-order valence-corrected chi connectivity index (χ0v) is 19.4. The van der Waals surface area contributed by atoms with Gasteiger partial charge in [0.15, 0.2) is 5.82 Å². The van der Waals surface area contributed by atoms with Crippen molar-refractivity contribution in [2.75, 3.05) is 43.6 Å². The lowest BCUT2D eigenvalue weighted by Gasteiger charge is -2.35. The van der Waals surface area contributed by atoms with Gasteiger partial charge < -0.3 is 30.4 Å². The number of piperidine rings is 1. The predicted octanol–water partition coefficient (Wildman–Crippen LogP) is 2.26. The minimum atomic E-state index is -0.586. The molecule has 0 aromatic carbocycles. The number of nitrogens with zero attached hydrogens (tertiary/aromatic N) is 4. The molecule has 1 unspecified atom stereocenters. The summed E-state index contributed by atoms with van der Waals surface area (Å²) in [4.78, 5) is 30.2. The van der Waals surface area contributed by atoms with Gasteiger partial charge in [0.2, 0.25) is 5.95 Å². The number of hydrogen-bond donors (Lipinski definition) is 4. The summed E-state index contributed by atoms with van der Waals surface area (Å²) in [6, 6.07) is 5.40. The molecular weight excluding hydrogens is 453 g/mol. The van der Waals surface area contributed by atoms with Crippen LogP contribution in [-0.2, 0) is 11.2 Å². The van der Waals surface area contributed by atoms with E-state index in [1.54, 1.807) is 19.4 Å². The Morgan fingerprint density at radius 2 is 2.11 bits per heavy atom. The van der Waals surface area contributed by atoms with Gasteiger partial charge in [0.05, 0.1) is 42.0 Å². The maximum atomic E-state index is 14.5. The van der Waals surface area contributed by atoms with Crippen molar-refractivity contribution in [2.24, 2.45) is 5.92 Å². The van der Waals surface area contributed by atoms with Crippen LogP contribution in [0.2, 0.25) is 0 Å². The number of aliphatic hydroxyl groups excluding tert-OH is 1. The van der Waals surface area contributed by atoms with Gasteiger partial charge >= 0.3 is 0 Å². The Balaban J connectivity index is 1.26. The predicted molar refractivity (Wildman–Crippen MR) is 128 cm³/mol. The molecule has 2 aliphatic rings. The van der Waals surface area contributed by atoms with E-state index in [9.17, 15) is 14.3 Å². The molecule has 2 aliphatic heterocycles. The molecule has 0 spiro atoms. The highest BCUT2D eigenvalue weighted by Gasteiger charge is 2.26. The summed E-state index contributed by atoms with van der Waals surface area (Å²) in [7, 11) is 1.60. The van der Waals surface area contributed by atoms with E-state index >= 15 is 0 Å². The lowest BCUT2D eigenvalue weighted by atomic mass is 9.91. The van der Waals surface area contributed by atoms with Crippen molar-refractivity contribution in [2.45, 2.75) is 25.4 Å². The standard InChI is InChI=1S/C24H28FN7O3/c1-35-13-20(33)14-5-8-32(9-6-14)15-2-3-21(27-11-15)30-24-28-12-17(25)22(31-24)19-10-16-18(29-19)4-7-26-23(16)34/h2-3,10-12,14,20,29,33H,4-9,13H2,1H3,(H,26,34)(H,27,28,30,31). The first-order valence-corrected chi connectivity index (χ1v) is 11.7. The van der Waals surface area contributed by atoms with Crippen LogP contribution >= 0.6 is 0 Å². The summed E-state index contributed by atoms with van der Waals surface area (Å²) in [5.74, 6) is 0.205. The van der Waals surface area contributed by atoms with E-state index in [0.717, 1.165) is 43.5 Å². The SMILES string of the molecule is COCC(O)C1CCN(c2ccc(Nc3ncc(F)c(-c4cc5c([nH]4)CCNC5=O)n3)nc2)CC1. The lowest BCUT2D eigenvalue weighted by Crippen LogP contribution is -2.39. The number of anilines is 3. The second-order valence-electron chi connectivity index (χ2n) is 8.85. The van der Waals surface area contributed by atoms with Crippen LogP contribution in [0.3, 0.4) is 0 Å². The molecule has 10 nitrogen and oxygen atoms in total. The van der Waals surface area contributed by atoms with Gasteiger partial charge in [-0.05, 0) is 37.0 Å². The lowest BCUT2D eigenvalue weighted by molar-refractivity contribution is 0.0177. The van der Waals surface area contributed by atoms with Gasteiger partial charge in [-0.25, -0.2) is 19.3 Å². The van der Waals surface area contributed by atoms with Crippen molar-refractivity contribution in [1.29, 1.82) is 0 Å². The second-order valence-corrected chi connectivity index (χ2v) is 8.85. The van der Waals surface area contributed by atoms with Gasteiger partial charge in [-0.3, -0.25) is 4.79 Å². The summed E-state index contributed by atoms with van der Waals surface area (Å²) in [5, 5.41) is 15.9. The highest BCUT2D eigenvalue weighted by atomic mass is 19.1. The molecule has 1 amide bonds. The fourth-order valence-corrected chi connectivity index (χ4v) is 4.65. The molecule has 0 radical (unpaired) electrons. The van der Waals surface area contributed by atoms with Gasteiger partial charge in [0, 0.05) is 38.9 Å². The first-order chi connectivity index (χ1) is 17.0. The first-order valence-electron chi connectivity index (χ1n) is 11.7. The van der Waals surface area contributed by atoms with Crippen LogP contribution in [0.4, 0.5) is 21.8 Å². The summed E-state index contributed by atoms with van der Waals surface area (Å²) in [6.07, 6.45) is 4.88. The molecule has 11 heteroatoms. The maximum Gasteiger partial charge on any atom is 0.253 e. The van der Waals surface area contributed by atoms with Gasteiger partial charge in [-0.1, -0.05) is 0 Å². The number of aromatic nitrogens is 4. The van der Waals surface area contributed by atoms with E-state index in [2.05, 4.69) is 35.5 Å². The third kappa shape index (κ3) is 4.96. The smallest absolute Gasteiger partial charge is 0.253 e. The fraction of sp³-hybridized carbons (Fsp3) is 0.417. The molecule has 1 saturated heterocycles. The van der Waals surface area contributed by atoms with Gasteiger partial charge in [-0.2, -0.15) is 0 Å². The topological polar surface area (TPSA) is 128 Å². The van der Waals surface area contributed by atoms with Crippen LogP contribution in [0.15, 0.2) is 30.6 Å². The molecule has 5 heterocycles. The Labute approximate surface area is 202 Å². The third-order valence-electron chi connectivity index (χ3n) is 6.58. The number of methoxy groups -OCH3 is 1. The quantitative estimate of drug-likeness (QED) is 0.405. The van der Waals surface area contributed by atoms with Crippen molar-refractivity contribution in [3.63, 3.8) is 0 Å². The van der Waals surface area contributed by atoms with Crippen LogP contribution in [0.1, 0.15) is 28.9 Å². The van der Waals surface area contributed by atoms with Gasteiger partial charge in [-0.15, -0.1) is 0 Å². The van der Waals surface area contributed by atoms with Crippen LogP contribution in [0.25, 0.3) is 11.4 Å². The summed E-state index contributed by atoms with van der Waals surface area (Å²) in [6.45, 7) is 2.58. The number of fused-ring (bicyclic) bond motifs is 1. The van der Waals surface area contributed by atoms with E-state index in [0.29, 0.717) is 36.6 Å². The van der Waals surface area contributed by atoms with Crippen molar-refractivity contribution >= 4 is 23.4 Å². The average Bonchev–Trinajstić information content (AvgIpc) is 3.32. The van der Waals surface area contributed by atoms with Crippen molar-refractivity contribution in [3.05, 3.63) is 47.7 Å². The summed E-state index contributed by atoms with van der Waals surface area (Å²) < 4.78 is 19.6. The zero-order chi connectivity index (χ0) is 24.4. The van der Waals surface area contributed by atoms with E-state index < -0.39 is 11.9 Å². The van der Waals surface area contributed by atoms with Gasteiger partial charge in [0.25, 0.3) is 5.91 Å². The Hall–Kier alpha value is -3.57. The molecule has 0 aliphatic carbocycles. The molecule has 0 saturated carbocycles. The number of ether oxygens (including phenoxy) is 1. The van der Waals surface area contributed by atoms with Crippen LogP contribution in [0, 0.1) is 11.7 Å². The molecule has 35 heavy (non-hydrogen) atoms. The number of hydrogen-bond acceptors (Lipinski definition) is 8. The zero-order valence-electron chi connectivity index (χ0n) is 19.4. The number of halogens is 1. The summed E-state index contributed by atoms with van der Waals surface area (Å²) >= 11 is 0.